The number of hydrogen-bond donors (Lipinski definition) is 3. The summed E-state index contributed by atoms with van der Waals surface area (Å²) < 4.78 is 12.6. The Morgan fingerprint density at radius 1 is 0.625 bits per heavy atom. The van der Waals surface area contributed by atoms with E-state index in [2.05, 4.69) is 10.6 Å². The van der Waals surface area contributed by atoms with Crippen LogP contribution in [0.4, 0.5) is 21.0 Å². The number of nitrogen functional groups attached to an aromatic ring is 1. The van der Waals surface area contributed by atoms with Crippen molar-refractivity contribution >= 4 is 35.4 Å². The number of hydrogen-bond acceptors (Lipinski definition) is 7. The second-order valence-corrected chi connectivity index (χ2v) is 14.3. The number of ether oxygens (including phenoxy) is 2. The van der Waals surface area contributed by atoms with E-state index in [9.17, 15) is 19.2 Å². The van der Waals surface area contributed by atoms with E-state index in [1.165, 1.54) is 9.80 Å². The number of carbonyl (C=O) groups excluding carboxylic acids is 4. The molecular weight excluding hydrogens is 612 g/mol. The second kappa shape index (κ2) is 13.6. The second-order valence-electron chi connectivity index (χ2n) is 14.3. The summed E-state index contributed by atoms with van der Waals surface area (Å²) in [4.78, 5) is 54.4. The van der Waals surface area contributed by atoms with Crippen LogP contribution in [0, 0.1) is 0 Å². The van der Waals surface area contributed by atoms with E-state index < -0.39 is 35.5 Å². The quantitative estimate of drug-likeness (QED) is 0.267. The SMILES string of the molecule is CC(C)(C)OC(=O)N1CCCC1C(=O)Nc1ccc(-c2ccc(-c3ccc(NC(=O)C4CCCN4C(=O)OC(C)(C)C)cc3)n2N)cc1. The maximum absolute atomic E-state index is 13.1. The van der Waals surface area contributed by atoms with E-state index in [4.69, 9.17) is 15.3 Å². The first-order valence-corrected chi connectivity index (χ1v) is 16.4. The topological polar surface area (TPSA) is 148 Å². The van der Waals surface area contributed by atoms with Crippen LogP contribution in [-0.4, -0.2) is 74.9 Å². The molecule has 2 atom stereocenters. The Bertz CT molecular complexity index is 1530. The third-order valence-corrected chi connectivity index (χ3v) is 8.18. The zero-order chi connectivity index (χ0) is 34.8. The van der Waals surface area contributed by atoms with Crippen LogP contribution in [0.3, 0.4) is 0 Å². The van der Waals surface area contributed by atoms with Crippen molar-refractivity contribution in [2.45, 2.75) is 90.5 Å². The van der Waals surface area contributed by atoms with Crippen molar-refractivity contribution in [2.75, 3.05) is 29.6 Å². The highest BCUT2D eigenvalue weighted by molar-refractivity contribution is 5.98. The van der Waals surface area contributed by atoms with Gasteiger partial charge in [0.05, 0.1) is 11.4 Å². The molecule has 2 unspecified atom stereocenters. The monoisotopic (exact) mass is 658 g/mol. The predicted octanol–water partition coefficient (Wildman–Crippen LogP) is 6.21. The Balaban J connectivity index is 1.20. The summed E-state index contributed by atoms with van der Waals surface area (Å²) in [7, 11) is 0. The molecule has 1 aromatic heterocycles. The van der Waals surface area contributed by atoms with Gasteiger partial charge in [-0.2, -0.15) is 0 Å². The number of nitrogens with one attached hydrogen (secondary N) is 2. The average Bonchev–Trinajstić information content (AvgIpc) is 3.77. The predicted molar refractivity (Wildman–Crippen MR) is 185 cm³/mol. The number of nitrogens with two attached hydrogens (primary N) is 1. The molecule has 12 heteroatoms. The van der Waals surface area contributed by atoms with Gasteiger partial charge in [0.1, 0.15) is 23.3 Å². The fraction of sp³-hybridized carbons (Fsp3) is 0.444. The Morgan fingerprint density at radius 3 is 1.31 bits per heavy atom. The normalized spacial score (nSPS) is 18.0. The van der Waals surface area contributed by atoms with Gasteiger partial charge in [-0.05, 0) is 104 Å². The van der Waals surface area contributed by atoms with Crippen LogP contribution < -0.4 is 16.5 Å². The van der Waals surface area contributed by atoms with Gasteiger partial charge >= 0.3 is 12.2 Å². The van der Waals surface area contributed by atoms with Crippen molar-refractivity contribution in [3.05, 3.63) is 60.7 Å². The van der Waals surface area contributed by atoms with Crippen LogP contribution in [0.1, 0.15) is 67.2 Å². The Labute approximate surface area is 281 Å². The molecule has 12 nitrogen and oxygen atoms in total. The summed E-state index contributed by atoms with van der Waals surface area (Å²) in [6, 6.07) is 17.4. The van der Waals surface area contributed by atoms with Crippen LogP contribution in [0.5, 0.6) is 0 Å². The number of anilines is 2. The molecule has 0 bridgehead atoms. The average molecular weight is 659 g/mol. The summed E-state index contributed by atoms with van der Waals surface area (Å²) in [6.45, 7) is 11.8. The molecule has 3 heterocycles. The molecule has 4 amide bonds. The molecule has 2 aliphatic rings. The molecule has 0 aliphatic carbocycles. The van der Waals surface area contributed by atoms with Crippen molar-refractivity contribution in [1.29, 1.82) is 0 Å². The van der Waals surface area contributed by atoms with Gasteiger partial charge in [0.15, 0.2) is 0 Å². The van der Waals surface area contributed by atoms with Gasteiger partial charge < -0.3 is 25.9 Å². The molecule has 2 saturated heterocycles. The van der Waals surface area contributed by atoms with Crippen LogP contribution in [0.25, 0.3) is 22.5 Å². The lowest BCUT2D eigenvalue weighted by molar-refractivity contribution is -0.121. The van der Waals surface area contributed by atoms with Crippen molar-refractivity contribution in [3.8, 4) is 22.5 Å². The Hall–Kier alpha value is -5.00. The lowest BCUT2D eigenvalue weighted by Gasteiger charge is -2.28. The molecule has 2 aromatic carbocycles. The fourth-order valence-electron chi connectivity index (χ4n) is 5.98. The highest BCUT2D eigenvalue weighted by atomic mass is 16.6. The molecule has 2 fully saturated rings. The minimum Gasteiger partial charge on any atom is -0.444 e. The van der Waals surface area contributed by atoms with Gasteiger partial charge in [0.25, 0.3) is 0 Å². The number of amides is 4. The van der Waals surface area contributed by atoms with E-state index in [1.54, 1.807) is 70.5 Å². The maximum atomic E-state index is 13.1. The van der Waals surface area contributed by atoms with Crippen LogP contribution in [-0.2, 0) is 19.1 Å². The van der Waals surface area contributed by atoms with Crippen LogP contribution >= 0.6 is 0 Å². The van der Waals surface area contributed by atoms with E-state index >= 15 is 0 Å². The number of aromatic nitrogens is 1. The van der Waals surface area contributed by atoms with Crippen molar-refractivity contribution < 1.29 is 28.7 Å². The van der Waals surface area contributed by atoms with Gasteiger partial charge in [-0.1, -0.05) is 24.3 Å². The van der Waals surface area contributed by atoms with Gasteiger partial charge in [-0.3, -0.25) is 24.1 Å². The fourth-order valence-corrected chi connectivity index (χ4v) is 5.98. The molecule has 2 aliphatic heterocycles. The minimum atomic E-state index is -0.637. The number of nitrogens with zero attached hydrogens (tertiary/aromatic N) is 3. The van der Waals surface area contributed by atoms with Crippen LogP contribution in [0.15, 0.2) is 60.7 Å². The zero-order valence-corrected chi connectivity index (χ0v) is 28.5. The highest BCUT2D eigenvalue weighted by Gasteiger charge is 2.38. The standard InChI is InChI=1S/C36H46N6O6/c1-35(2,3)47-33(45)40-21-7-9-29(40)31(43)38-25-15-11-23(12-16-25)27-19-20-28(42(27)37)24-13-17-26(18-14-24)39-32(44)30-10-8-22-41(30)34(46)48-36(4,5)6/h11-20,29-30H,7-10,21-22,37H2,1-6H3,(H,38,43)(H,39,44). The molecule has 0 spiro atoms. The van der Waals surface area contributed by atoms with Crippen LogP contribution in [0.2, 0.25) is 0 Å². The third kappa shape index (κ3) is 8.10. The molecule has 256 valence electrons. The lowest BCUT2D eigenvalue weighted by atomic mass is 10.1. The Kier molecular flexibility index (Phi) is 9.74. The number of likely N-dealkylation sites (tertiary alicyclic amines) is 2. The maximum Gasteiger partial charge on any atom is 0.410 e. The molecule has 0 radical (unpaired) electrons. The number of carbonyl (C=O) groups is 4. The Morgan fingerprint density at radius 2 is 0.979 bits per heavy atom. The third-order valence-electron chi connectivity index (χ3n) is 8.18. The van der Waals surface area contributed by atoms with E-state index in [0.717, 1.165) is 35.4 Å². The minimum absolute atomic E-state index is 0.251. The van der Waals surface area contributed by atoms with Gasteiger partial charge in [-0.25, -0.2) is 9.59 Å². The summed E-state index contributed by atoms with van der Waals surface area (Å²) in [5.41, 5.74) is 3.20. The first-order chi connectivity index (χ1) is 22.6. The summed E-state index contributed by atoms with van der Waals surface area (Å²) in [5, 5.41) is 5.85. The first-order valence-electron chi connectivity index (χ1n) is 16.4. The molecule has 5 rings (SSSR count). The van der Waals surface area contributed by atoms with E-state index in [-0.39, 0.29) is 11.8 Å². The molecule has 4 N–H and O–H groups in total. The first kappa shape index (κ1) is 34.3. The molecule has 0 saturated carbocycles. The number of rotatable bonds is 6. The lowest BCUT2D eigenvalue weighted by Crippen LogP contribution is -2.45. The smallest absolute Gasteiger partial charge is 0.410 e. The molecular formula is C36H46N6O6. The van der Waals surface area contributed by atoms with Crippen molar-refractivity contribution in [1.82, 2.24) is 14.5 Å². The summed E-state index contributed by atoms with van der Waals surface area (Å²) >= 11 is 0. The highest BCUT2D eigenvalue weighted by Crippen LogP contribution is 2.30. The molecule has 48 heavy (non-hydrogen) atoms. The van der Waals surface area contributed by atoms with Crippen molar-refractivity contribution in [2.24, 2.45) is 0 Å². The largest absolute Gasteiger partial charge is 0.444 e. The van der Waals surface area contributed by atoms with Gasteiger partial charge in [0, 0.05) is 35.6 Å². The zero-order valence-electron chi connectivity index (χ0n) is 28.5. The van der Waals surface area contributed by atoms with E-state index in [1.807, 2.05) is 36.4 Å². The van der Waals surface area contributed by atoms with Crippen molar-refractivity contribution in [3.63, 3.8) is 0 Å². The summed E-state index contributed by atoms with van der Waals surface area (Å²) in [5.74, 6) is 6.02. The molecule has 3 aromatic rings. The van der Waals surface area contributed by atoms with Gasteiger partial charge in [-0.15, -0.1) is 0 Å². The summed E-state index contributed by atoms with van der Waals surface area (Å²) in [6.07, 6.45) is 1.66. The van der Waals surface area contributed by atoms with Gasteiger partial charge in [0.2, 0.25) is 11.8 Å². The number of benzene rings is 2. The van der Waals surface area contributed by atoms with E-state index in [0.29, 0.717) is 37.3 Å².